The largest absolute Gasteiger partial charge is 0.494 e. The number of rotatable bonds is 9. The van der Waals surface area contributed by atoms with Gasteiger partial charge in [0.25, 0.3) is 0 Å². The van der Waals surface area contributed by atoms with Crippen molar-refractivity contribution in [1.29, 1.82) is 0 Å². The molecule has 1 unspecified atom stereocenters. The molecule has 0 radical (unpaired) electrons. The van der Waals surface area contributed by atoms with Gasteiger partial charge in [-0.2, -0.15) is 0 Å². The van der Waals surface area contributed by atoms with Crippen molar-refractivity contribution in [2.45, 2.75) is 47.0 Å². The number of ether oxygens (including phenoxy) is 1. The molecule has 0 aliphatic heterocycles. The van der Waals surface area contributed by atoms with E-state index in [-0.39, 0.29) is 0 Å². The first-order valence-electron chi connectivity index (χ1n) is 6.81. The summed E-state index contributed by atoms with van der Waals surface area (Å²) in [7, 11) is 0. The highest BCUT2D eigenvalue weighted by molar-refractivity contribution is 5.24. The maximum absolute atomic E-state index is 5.66. The third-order valence-corrected chi connectivity index (χ3v) is 3.02. The van der Waals surface area contributed by atoms with Gasteiger partial charge in [-0.05, 0) is 25.8 Å². The van der Waals surface area contributed by atoms with Gasteiger partial charge >= 0.3 is 0 Å². The topological polar surface area (TPSA) is 9.23 Å². The summed E-state index contributed by atoms with van der Waals surface area (Å²) in [4.78, 5) is 0. The quantitative estimate of drug-likeness (QED) is 0.391. The molecule has 1 atom stereocenters. The Kier molecular flexibility index (Phi) is 9.08. The zero-order valence-electron chi connectivity index (χ0n) is 12.5. The Hall–Kier alpha value is -1.24. The molecule has 0 saturated heterocycles. The molecule has 0 spiro atoms. The molecule has 0 aliphatic rings. The van der Waals surface area contributed by atoms with Crippen LogP contribution < -0.4 is 0 Å². The van der Waals surface area contributed by atoms with Gasteiger partial charge in [0, 0.05) is 5.92 Å². The van der Waals surface area contributed by atoms with Crippen LogP contribution in [0.5, 0.6) is 0 Å². The highest BCUT2D eigenvalue weighted by atomic mass is 16.5. The SMILES string of the molecule is C=C(/C=C\C(C)=C/C)COC(=C)C(C)CCCC. The highest BCUT2D eigenvalue weighted by Gasteiger charge is 2.07. The van der Waals surface area contributed by atoms with E-state index in [0.29, 0.717) is 12.5 Å². The molecule has 0 amide bonds. The molecule has 1 nitrogen and oxygen atoms in total. The first-order chi connectivity index (χ1) is 8.51. The molecule has 0 fully saturated rings. The van der Waals surface area contributed by atoms with Crippen molar-refractivity contribution < 1.29 is 4.74 Å². The van der Waals surface area contributed by atoms with Crippen molar-refractivity contribution in [3.63, 3.8) is 0 Å². The van der Waals surface area contributed by atoms with Crippen LogP contribution in [0.3, 0.4) is 0 Å². The Labute approximate surface area is 113 Å². The summed E-state index contributed by atoms with van der Waals surface area (Å²) in [5.74, 6) is 1.31. The molecule has 0 aromatic rings. The molecule has 0 N–H and O–H groups in total. The van der Waals surface area contributed by atoms with Gasteiger partial charge in [-0.3, -0.25) is 0 Å². The van der Waals surface area contributed by atoms with Gasteiger partial charge in [0.05, 0.1) is 5.76 Å². The molecular formula is C17H28O. The maximum Gasteiger partial charge on any atom is 0.112 e. The van der Waals surface area contributed by atoms with E-state index in [4.69, 9.17) is 4.74 Å². The minimum absolute atomic E-state index is 0.430. The van der Waals surface area contributed by atoms with E-state index in [1.807, 2.05) is 13.0 Å². The van der Waals surface area contributed by atoms with Crippen LogP contribution in [0.4, 0.5) is 0 Å². The van der Waals surface area contributed by atoms with Crippen molar-refractivity contribution in [2.24, 2.45) is 5.92 Å². The predicted molar refractivity (Wildman–Crippen MR) is 81.5 cm³/mol. The number of hydrogen-bond donors (Lipinski definition) is 0. The lowest BCUT2D eigenvalue weighted by Gasteiger charge is -2.15. The van der Waals surface area contributed by atoms with Crippen molar-refractivity contribution in [1.82, 2.24) is 0 Å². The first-order valence-corrected chi connectivity index (χ1v) is 6.81. The number of unbranched alkanes of at least 4 members (excludes halogenated alkanes) is 1. The Bertz CT molecular complexity index is 321. The summed E-state index contributed by atoms with van der Waals surface area (Å²) in [6.45, 7) is 17.0. The van der Waals surface area contributed by atoms with Gasteiger partial charge in [-0.1, -0.05) is 63.6 Å². The summed E-state index contributed by atoms with van der Waals surface area (Å²) in [5.41, 5.74) is 2.20. The van der Waals surface area contributed by atoms with Gasteiger partial charge in [0.15, 0.2) is 0 Å². The number of hydrogen-bond acceptors (Lipinski definition) is 1. The average Bonchev–Trinajstić information content (AvgIpc) is 2.38. The lowest BCUT2D eigenvalue weighted by Crippen LogP contribution is -2.04. The Morgan fingerprint density at radius 3 is 2.50 bits per heavy atom. The molecule has 0 aromatic carbocycles. The van der Waals surface area contributed by atoms with Crippen molar-refractivity contribution in [2.75, 3.05) is 6.61 Å². The van der Waals surface area contributed by atoms with Gasteiger partial charge in [0.1, 0.15) is 6.61 Å². The highest BCUT2D eigenvalue weighted by Crippen LogP contribution is 2.17. The summed E-state index contributed by atoms with van der Waals surface area (Å²) < 4.78 is 5.66. The third-order valence-electron chi connectivity index (χ3n) is 3.02. The Morgan fingerprint density at radius 1 is 1.28 bits per heavy atom. The van der Waals surface area contributed by atoms with E-state index in [1.165, 1.54) is 18.4 Å². The lowest BCUT2D eigenvalue weighted by atomic mass is 10.0. The van der Waals surface area contributed by atoms with Gasteiger partial charge in [0.2, 0.25) is 0 Å². The lowest BCUT2D eigenvalue weighted by molar-refractivity contribution is 0.203. The minimum atomic E-state index is 0.430. The smallest absolute Gasteiger partial charge is 0.112 e. The first kappa shape index (κ1) is 16.8. The Balaban J connectivity index is 3.98. The fourth-order valence-electron chi connectivity index (χ4n) is 1.39. The standard InChI is InChI=1S/C17H28O/c1-7-9-10-16(5)17(6)18-13-15(4)12-11-14(3)8-2/h8,11-12,16H,4,6-7,9-10,13H2,1-3,5H3/b12-11-,14-8-. The van der Waals surface area contributed by atoms with E-state index >= 15 is 0 Å². The van der Waals surface area contributed by atoms with E-state index in [2.05, 4.69) is 46.1 Å². The van der Waals surface area contributed by atoms with Crippen molar-refractivity contribution in [3.05, 3.63) is 48.3 Å². The van der Waals surface area contributed by atoms with Crippen molar-refractivity contribution >= 4 is 0 Å². The van der Waals surface area contributed by atoms with Crippen LogP contribution >= 0.6 is 0 Å². The number of allylic oxidation sites excluding steroid dienone is 4. The molecule has 1 heteroatoms. The van der Waals surface area contributed by atoms with Gasteiger partial charge in [-0.25, -0.2) is 0 Å². The summed E-state index contributed by atoms with van der Waals surface area (Å²) in [5, 5.41) is 0. The summed E-state index contributed by atoms with van der Waals surface area (Å²) in [6.07, 6.45) is 9.71. The molecule has 0 aliphatic carbocycles. The second-order valence-corrected chi connectivity index (χ2v) is 4.82. The van der Waals surface area contributed by atoms with E-state index in [0.717, 1.165) is 17.8 Å². The fraction of sp³-hybridized carbons (Fsp3) is 0.529. The normalized spacial score (nSPS) is 13.7. The molecule has 0 bridgehead atoms. The maximum atomic E-state index is 5.66. The van der Waals surface area contributed by atoms with Crippen LogP contribution in [0.25, 0.3) is 0 Å². The second kappa shape index (κ2) is 9.76. The third kappa shape index (κ3) is 7.94. The zero-order chi connectivity index (χ0) is 14.0. The summed E-state index contributed by atoms with van der Waals surface area (Å²) >= 11 is 0. The van der Waals surface area contributed by atoms with Crippen LogP contribution in [-0.2, 0) is 4.74 Å². The van der Waals surface area contributed by atoms with Gasteiger partial charge < -0.3 is 4.74 Å². The van der Waals surface area contributed by atoms with E-state index in [1.54, 1.807) is 0 Å². The predicted octanol–water partition coefficient (Wildman–Crippen LogP) is 5.42. The minimum Gasteiger partial charge on any atom is -0.494 e. The van der Waals surface area contributed by atoms with Crippen LogP contribution in [-0.4, -0.2) is 6.61 Å². The molecule has 0 aromatic heterocycles. The Morgan fingerprint density at radius 2 is 1.94 bits per heavy atom. The van der Waals surface area contributed by atoms with Crippen LogP contribution in [0, 0.1) is 5.92 Å². The molecular weight excluding hydrogens is 220 g/mol. The molecule has 0 heterocycles. The van der Waals surface area contributed by atoms with E-state index in [9.17, 15) is 0 Å². The monoisotopic (exact) mass is 248 g/mol. The zero-order valence-corrected chi connectivity index (χ0v) is 12.5. The van der Waals surface area contributed by atoms with Gasteiger partial charge in [-0.15, -0.1) is 0 Å². The van der Waals surface area contributed by atoms with E-state index < -0.39 is 0 Å². The second-order valence-electron chi connectivity index (χ2n) is 4.82. The fourth-order valence-corrected chi connectivity index (χ4v) is 1.39. The average molecular weight is 248 g/mol. The molecule has 102 valence electrons. The van der Waals surface area contributed by atoms with Crippen LogP contribution in [0.15, 0.2) is 48.3 Å². The summed E-state index contributed by atoms with van der Waals surface area (Å²) in [6, 6.07) is 0. The van der Waals surface area contributed by atoms with Crippen LogP contribution in [0.1, 0.15) is 47.0 Å². The van der Waals surface area contributed by atoms with Crippen LogP contribution in [0.2, 0.25) is 0 Å². The molecule has 0 rings (SSSR count). The van der Waals surface area contributed by atoms with Crippen molar-refractivity contribution in [3.8, 4) is 0 Å². The molecule has 18 heavy (non-hydrogen) atoms. The molecule has 0 saturated carbocycles.